The number of unbranched alkanes of at least 4 members (excludes halogenated alkanes) is 1. The van der Waals surface area contributed by atoms with Crippen molar-refractivity contribution in [3.63, 3.8) is 0 Å². The Kier molecular flexibility index (Phi) is 6.92. The molecule has 2 nitrogen and oxygen atoms in total. The van der Waals surface area contributed by atoms with Gasteiger partial charge in [0.25, 0.3) is 0 Å². The fraction of sp³-hybridized carbons (Fsp3) is 1.00. The minimum atomic E-state index is -4.25. The van der Waals surface area contributed by atoms with Crippen LogP contribution in [0.1, 0.15) is 26.7 Å². The highest BCUT2D eigenvalue weighted by molar-refractivity contribution is 4.60. The van der Waals surface area contributed by atoms with Gasteiger partial charge in [-0.05, 0) is 19.9 Å². The molecule has 1 atom stereocenters. The van der Waals surface area contributed by atoms with E-state index in [9.17, 15) is 13.2 Å². The molecule has 0 aliphatic rings. The summed E-state index contributed by atoms with van der Waals surface area (Å²) >= 11 is 0. The van der Waals surface area contributed by atoms with Gasteiger partial charge >= 0.3 is 6.18 Å². The Bertz CT molecular complexity index is 139. The number of hydrogen-bond acceptors (Lipinski definition) is 2. The van der Waals surface area contributed by atoms with Gasteiger partial charge in [-0.3, -0.25) is 0 Å². The molecular weight excluding hydrogens is 195 g/mol. The van der Waals surface area contributed by atoms with E-state index in [-0.39, 0.29) is 6.61 Å². The second kappa shape index (κ2) is 7.06. The Morgan fingerprint density at radius 3 is 2.43 bits per heavy atom. The average Bonchev–Trinajstić information content (AvgIpc) is 2.09. The molecule has 0 radical (unpaired) electrons. The van der Waals surface area contributed by atoms with Crippen LogP contribution in [0.25, 0.3) is 0 Å². The molecule has 0 aliphatic heterocycles. The SMILES string of the molecule is CCCCNCCOC(C)C(F)(F)F. The van der Waals surface area contributed by atoms with Gasteiger partial charge < -0.3 is 10.1 Å². The number of nitrogens with one attached hydrogen (secondary N) is 1. The predicted octanol–water partition coefficient (Wildman–Crippen LogP) is 2.34. The van der Waals surface area contributed by atoms with Crippen molar-refractivity contribution in [3.8, 4) is 0 Å². The summed E-state index contributed by atoms with van der Waals surface area (Å²) in [5.41, 5.74) is 0. The summed E-state index contributed by atoms with van der Waals surface area (Å²) in [4.78, 5) is 0. The normalized spacial score (nSPS) is 14.4. The molecule has 0 saturated heterocycles. The molecule has 0 fully saturated rings. The monoisotopic (exact) mass is 213 g/mol. The van der Waals surface area contributed by atoms with E-state index < -0.39 is 12.3 Å². The molecular formula is C9H18F3NO. The molecule has 1 N–H and O–H groups in total. The fourth-order valence-electron chi connectivity index (χ4n) is 0.829. The molecule has 0 amide bonds. The zero-order valence-electron chi connectivity index (χ0n) is 8.66. The van der Waals surface area contributed by atoms with Crippen LogP contribution in [0.5, 0.6) is 0 Å². The van der Waals surface area contributed by atoms with Crippen LogP contribution in [0.2, 0.25) is 0 Å². The lowest BCUT2D eigenvalue weighted by atomic mass is 10.3. The molecule has 1 unspecified atom stereocenters. The number of rotatable bonds is 7. The van der Waals surface area contributed by atoms with Gasteiger partial charge in [0, 0.05) is 6.54 Å². The van der Waals surface area contributed by atoms with Gasteiger partial charge in [-0.25, -0.2) is 0 Å². The van der Waals surface area contributed by atoms with Gasteiger partial charge in [0.05, 0.1) is 6.61 Å². The maximum Gasteiger partial charge on any atom is 0.414 e. The topological polar surface area (TPSA) is 21.3 Å². The highest BCUT2D eigenvalue weighted by Crippen LogP contribution is 2.21. The summed E-state index contributed by atoms with van der Waals surface area (Å²) in [5, 5.41) is 3.00. The van der Waals surface area contributed by atoms with Crippen molar-refractivity contribution in [2.75, 3.05) is 19.7 Å². The Morgan fingerprint density at radius 2 is 1.93 bits per heavy atom. The Balaban J connectivity index is 3.28. The summed E-state index contributed by atoms with van der Waals surface area (Å²) in [6.07, 6.45) is -3.80. The third-order valence-corrected chi connectivity index (χ3v) is 1.81. The Morgan fingerprint density at radius 1 is 1.29 bits per heavy atom. The van der Waals surface area contributed by atoms with Crippen LogP contribution in [-0.2, 0) is 4.74 Å². The first-order chi connectivity index (χ1) is 6.48. The number of alkyl halides is 3. The molecule has 0 spiro atoms. The quantitative estimate of drug-likeness (QED) is 0.655. The largest absolute Gasteiger partial charge is 0.414 e. The van der Waals surface area contributed by atoms with Crippen molar-refractivity contribution in [3.05, 3.63) is 0 Å². The van der Waals surface area contributed by atoms with Gasteiger partial charge in [-0.1, -0.05) is 13.3 Å². The molecule has 0 aliphatic carbocycles. The van der Waals surface area contributed by atoms with Crippen molar-refractivity contribution in [1.82, 2.24) is 5.32 Å². The predicted molar refractivity (Wildman–Crippen MR) is 49.2 cm³/mol. The minimum absolute atomic E-state index is 0.102. The molecule has 0 aromatic carbocycles. The lowest BCUT2D eigenvalue weighted by Gasteiger charge is -2.16. The van der Waals surface area contributed by atoms with Gasteiger partial charge in [0.2, 0.25) is 0 Å². The van der Waals surface area contributed by atoms with E-state index in [0.29, 0.717) is 6.54 Å². The molecule has 0 aromatic heterocycles. The molecule has 14 heavy (non-hydrogen) atoms. The average molecular weight is 213 g/mol. The van der Waals surface area contributed by atoms with Crippen molar-refractivity contribution in [2.45, 2.75) is 39.0 Å². The summed E-state index contributed by atoms with van der Waals surface area (Å²) in [6, 6.07) is 0. The van der Waals surface area contributed by atoms with Crippen LogP contribution in [-0.4, -0.2) is 32.0 Å². The van der Waals surface area contributed by atoms with Crippen LogP contribution < -0.4 is 5.32 Å². The van der Waals surface area contributed by atoms with Crippen molar-refractivity contribution in [1.29, 1.82) is 0 Å². The summed E-state index contributed by atoms with van der Waals surface area (Å²) in [5.74, 6) is 0. The Labute approximate surface area is 82.8 Å². The zero-order chi connectivity index (χ0) is 11.0. The molecule has 5 heteroatoms. The molecule has 0 heterocycles. The minimum Gasteiger partial charge on any atom is -0.368 e. The van der Waals surface area contributed by atoms with Gasteiger partial charge in [-0.2, -0.15) is 13.2 Å². The van der Waals surface area contributed by atoms with Crippen molar-refractivity contribution in [2.24, 2.45) is 0 Å². The van der Waals surface area contributed by atoms with Crippen molar-refractivity contribution >= 4 is 0 Å². The first kappa shape index (κ1) is 13.7. The highest BCUT2D eigenvalue weighted by Gasteiger charge is 2.36. The second-order valence-corrected chi connectivity index (χ2v) is 3.16. The van der Waals surface area contributed by atoms with E-state index in [2.05, 4.69) is 17.0 Å². The van der Waals surface area contributed by atoms with E-state index in [4.69, 9.17) is 0 Å². The summed E-state index contributed by atoms with van der Waals surface area (Å²) < 4.78 is 40.4. The number of ether oxygens (including phenoxy) is 1. The third kappa shape index (κ3) is 7.15. The van der Waals surface area contributed by atoms with Crippen LogP contribution in [0.15, 0.2) is 0 Å². The number of hydrogen-bond donors (Lipinski definition) is 1. The van der Waals surface area contributed by atoms with Crippen LogP contribution in [0, 0.1) is 0 Å². The molecule has 0 saturated carbocycles. The lowest BCUT2D eigenvalue weighted by molar-refractivity contribution is -0.213. The van der Waals surface area contributed by atoms with Crippen LogP contribution in [0.4, 0.5) is 13.2 Å². The van der Waals surface area contributed by atoms with E-state index in [1.807, 2.05) is 0 Å². The van der Waals surface area contributed by atoms with E-state index in [0.717, 1.165) is 26.3 Å². The fourth-order valence-corrected chi connectivity index (χ4v) is 0.829. The standard InChI is InChI=1S/C9H18F3NO/c1-3-4-5-13-6-7-14-8(2)9(10,11)12/h8,13H,3-7H2,1-2H3. The Hall–Kier alpha value is -0.290. The lowest BCUT2D eigenvalue weighted by Crippen LogP contribution is -2.31. The third-order valence-electron chi connectivity index (χ3n) is 1.81. The summed E-state index contributed by atoms with van der Waals surface area (Å²) in [6.45, 7) is 4.49. The van der Waals surface area contributed by atoms with Gasteiger partial charge in [0.15, 0.2) is 6.10 Å². The first-order valence-electron chi connectivity index (χ1n) is 4.87. The second-order valence-electron chi connectivity index (χ2n) is 3.16. The highest BCUT2D eigenvalue weighted by atomic mass is 19.4. The maximum atomic E-state index is 11.9. The van der Waals surface area contributed by atoms with Crippen LogP contribution in [0.3, 0.4) is 0 Å². The molecule has 0 bridgehead atoms. The van der Waals surface area contributed by atoms with Crippen molar-refractivity contribution < 1.29 is 17.9 Å². The molecule has 0 rings (SSSR count). The van der Waals surface area contributed by atoms with E-state index in [1.165, 1.54) is 0 Å². The number of halogens is 3. The zero-order valence-corrected chi connectivity index (χ0v) is 8.66. The molecule has 86 valence electrons. The van der Waals surface area contributed by atoms with E-state index >= 15 is 0 Å². The van der Waals surface area contributed by atoms with Gasteiger partial charge in [-0.15, -0.1) is 0 Å². The molecule has 0 aromatic rings. The first-order valence-corrected chi connectivity index (χ1v) is 4.87. The van der Waals surface area contributed by atoms with Gasteiger partial charge in [0.1, 0.15) is 0 Å². The summed E-state index contributed by atoms with van der Waals surface area (Å²) in [7, 11) is 0. The van der Waals surface area contributed by atoms with Crippen LogP contribution >= 0.6 is 0 Å². The maximum absolute atomic E-state index is 11.9. The smallest absolute Gasteiger partial charge is 0.368 e. The van der Waals surface area contributed by atoms with E-state index in [1.54, 1.807) is 0 Å².